The van der Waals surface area contributed by atoms with Gasteiger partial charge in [-0.15, -0.1) is 0 Å². The zero-order chi connectivity index (χ0) is 18.9. The van der Waals surface area contributed by atoms with Crippen molar-refractivity contribution in [3.8, 4) is 0 Å². The van der Waals surface area contributed by atoms with Crippen molar-refractivity contribution in [2.45, 2.75) is 45.7 Å². The van der Waals surface area contributed by atoms with Crippen LogP contribution in [0.2, 0.25) is 0 Å². The van der Waals surface area contributed by atoms with Gasteiger partial charge in [-0.25, -0.2) is 8.42 Å². The quantitative estimate of drug-likeness (QED) is 0.759. The molecule has 1 saturated carbocycles. The largest absolute Gasteiger partial charge is 0.351 e. The number of carbonyl (C=O) groups excluding carboxylic acids is 2. The number of carbonyl (C=O) groups is 2. The highest BCUT2D eigenvalue weighted by molar-refractivity contribution is 7.91. The van der Waals surface area contributed by atoms with E-state index in [1.807, 2.05) is 38.1 Å². The molecule has 142 valence electrons. The van der Waals surface area contributed by atoms with E-state index in [0.717, 1.165) is 11.1 Å². The molecule has 7 heteroatoms. The molecule has 0 spiro atoms. The molecule has 0 bridgehead atoms. The average molecular weight is 378 g/mol. The summed E-state index contributed by atoms with van der Waals surface area (Å²) in [6.45, 7) is 4.65. The molecule has 1 saturated heterocycles. The van der Waals surface area contributed by atoms with Gasteiger partial charge in [0.15, 0.2) is 9.84 Å². The first-order valence-corrected chi connectivity index (χ1v) is 10.9. The Balaban J connectivity index is 1.65. The van der Waals surface area contributed by atoms with E-state index in [9.17, 15) is 18.0 Å². The van der Waals surface area contributed by atoms with Crippen LogP contribution in [0.25, 0.3) is 0 Å². The molecule has 1 heterocycles. The summed E-state index contributed by atoms with van der Waals surface area (Å²) in [6.07, 6.45) is 1.52. The summed E-state index contributed by atoms with van der Waals surface area (Å²) in [4.78, 5) is 27.3. The summed E-state index contributed by atoms with van der Waals surface area (Å²) >= 11 is 0. The second-order valence-electron chi connectivity index (χ2n) is 7.40. The zero-order valence-electron chi connectivity index (χ0n) is 15.3. The third-order valence-electron chi connectivity index (χ3n) is 5.42. The molecule has 1 atom stereocenters. The summed E-state index contributed by atoms with van der Waals surface area (Å²) < 4.78 is 23.5. The molecule has 1 aromatic carbocycles. The predicted molar refractivity (Wildman–Crippen MR) is 99.1 cm³/mol. The lowest BCUT2D eigenvalue weighted by Crippen LogP contribution is -2.49. The molecule has 1 aliphatic carbocycles. The Morgan fingerprint density at radius 1 is 1.23 bits per heavy atom. The van der Waals surface area contributed by atoms with Gasteiger partial charge < -0.3 is 10.2 Å². The minimum absolute atomic E-state index is 0.00758. The van der Waals surface area contributed by atoms with Gasteiger partial charge in [0.05, 0.1) is 11.5 Å². The van der Waals surface area contributed by atoms with Gasteiger partial charge in [0.25, 0.3) is 0 Å². The van der Waals surface area contributed by atoms with Crippen LogP contribution in [0, 0.1) is 12.3 Å². The van der Waals surface area contributed by atoms with E-state index in [2.05, 4.69) is 5.32 Å². The van der Waals surface area contributed by atoms with Crippen LogP contribution in [0.4, 0.5) is 0 Å². The van der Waals surface area contributed by atoms with Crippen molar-refractivity contribution in [1.82, 2.24) is 10.2 Å². The molecule has 2 aliphatic rings. The van der Waals surface area contributed by atoms with Gasteiger partial charge in [0, 0.05) is 19.1 Å². The summed E-state index contributed by atoms with van der Waals surface area (Å²) in [7, 11) is -3.07. The number of nitrogens with one attached hydrogen (secondary N) is 1. The summed E-state index contributed by atoms with van der Waals surface area (Å²) in [6, 6.07) is 7.58. The third kappa shape index (κ3) is 3.77. The first-order chi connectivity index (χ1) is 12.3. The second kappa shape index (κ2) is 7.02. The van der Waals surface area contributed by atoms with Crippen molar-refractivity contribution in [3.05, 3.63) is 35.4 Å². The molecule has 1 N–H and O–H groups in total. The molecule has 26 heavy (non-hydrogen) atoms. The molecule has 1 aliphatic heterocycles. The number of amides is 2. The Bertz CT molecular complexity index is 797. The maximum absolute atomic E-state index is 13.0. The summed E-state index contributed by atoms with van der Waals surface area (Å²) in [5.41, 5.74) is 1.13. The van der Waals surface area contributed by atoms with Gasteiger partial charge in [-0.3, -0.25) is 9.59 Å². The topological polar surface area (TPSA) is 83.6 Å². The highest BCUT2D eigenvalue weighted by atomic mass is 32.2. The monoisotopic (exact) mass is 378 g/mol. The lowest BCUT2D eigenvalue weighted by atomic mass is 10.0. The fourth-order valence-electron chi connectivity index (χ4n) is 3.58. The molecule has 3 rings (SSSR count). The van der Waals surface area contributed by atoms with Crippen LogP contribution in [0.5, 0.6) is 0 Å². The standard InChI is InChI=1S/C19H26N2O4S/c1-3-21(16-8-11-26(24,25)13-16)18(23)19(9-10-19)17(22)20-12-15-6-4-14(2)5-7-15/h4-7,16H,3,8-13H2,1-2H3,(H,20,22). The van der Waals surface area contributed by atoms with E-state index in [1.165, 1.54) is 0 Å². The van der Waals surface area contributed by atoms with Gasteiger partial charge in [-0.1, -0.05) is 29.8 Å². The maximum Gasteiger partial charge on any atom is 0.238 e. The number of sulfone groups is 1. The fraction of sp³-hybridized carbons (Fsp3) is 0.579. The van der Waals surface area contributed by atoms with E-state index >= 15 is 0 Å². The first-order valence-electron chi connectivity index (χ1n) is 9.13. The van der Waals surface area contributed by atoms with Gasteiger partial charge in [0.1, 0.15) is 5.41 Å². The number of nitrogens with zero attached hydrogens (tertiary/aromatic N) is 1. The average Bonchev–Trinajstić information content (AvgIpc) is 3.34. The van der Waals surface area contributed by atoms with E-state index in [0.29, 0.717) is 32.4 Å². The fourth-order valence-corrected chi connectivity index (χ4v) is 5.31. The van der Waals surface area contributed by atoms with Crippen LogP contribution >= 0.6 is 0 Å². The van der Waals surface area contributed by atoms with Crippen molar-refractivity contribution in [2.75, 3.05) is 18.1 Å². The van der Waals surface area contributed by atoms with Gasteiger partial charge in [-0.05, 0) is 38.7 Å². The third-order valence-corrected chi connectivity index (χ3v) is 7.17. The molecule has 6 nitrogen and oxygen atoms in total. The van der Waals surface area contributed by atoms with Crippen LogP contribution in [-0.4, -0.2) is 49.2 Å². The molecule has 1 unspecified atom stereocenters. The Hall–Kier alpha value is -1.89. The molecule has 2 amide bonds. The van der Waals surface area contributed by atoms with E-state index in [-0.39, 0.29) is 29.4 Å². The van der Waals surface area contributed by atoms with Gasteiger partial charge >= 0.3 is 0 Å². The predicted octanol–water partition coefficient (Wildman–Crippen LogP) is 1.43. The smallest absolute Gasteiger partial charge is 0.238 e. The Labute approximate surface area is 154 Å². The van der Waals surface area contributed by atoms with Gasteiger partial charge in [-0.2, -0.15) is 0 Å². The lowest BCUT2D eigenvalue weighted by Gasteiger charge is -2.30. The van der Waals surface area contributed by atoms with Crippen molar-refractivity contribution in [3.63, 3.8) is 0 Å². The molecule has 2 fully saturated rings. The van der Waals surface area contributed by atoms with Gasteiger partial charge in [0.2, 0.25) is 11.8 Å². The SMILES string of the molecule is CCN(C(=O)C1(C(=O)NCc2ccc(C)cc2)CC1)C1CCS(=O)(=O)C1. The number of hydrogen-bond donors (Lipinski definition) is 1. The number of benzene rings is 1. The van der Waals surface area contributed by atoms with E-state index in [4.69, 9.17) is 0 Å². The Morgan fingerprint density at radius 2 is 1.88 bits per heavy atom. The number of aryl methyl sites for hydroxylation is 1. The minimum atomic E-state index is -3.07. The molecular formula is C19H26N2O4S. The summed E-state index contributed by atoms with van der Waals surface area (Å²) in [5.74, 6) is -0.340. The molecular weight excluding hydrogens is 352 g/mol. The number of hydrogen-bond acceptors (Lipinski definition) is 4. The highest BCUT2D eigenvalue weighted by Crippen LogP contribution is 2.48. The van der Waals surface area contributed by atoms with Crippen LogP contribution in [0.3, 0.4) is 0 Å². The maximum atomic E-state index is 13.0. The molecule has 0 aromatic heterocycles. The van der Waals surface area contributed by atoms with Crippen LogP contribution in [-0.2, 0) is 26.0 Å². The first kappa shape index (κ1) is 18.9. The second-order valence-corrected chi connectivity index (χ2v) is 9.63. The van der Waals surface area contributed by atoms with Crippen molar-refractivity contribution >= 4 is 21.7 Å². The van der Waals surface area contributed by atoms with Crippen LogP contribution in [0.15, 0.2) is 24.3 Å². The van der Waals surface area contributed by atoms with E-state index in [1.54, 1.807) is 4.90 Å². The Kier molecular flexibility index (Phi) is 5.10. The van der Waals surface area contributed by atoms with Crippen LogP contribution < -0.4 is 5.32 Å². The Morgan fingerprint density at radius 3 is 2.38 bits per heavy atom. The molecule has 0 radical (unpaired) electrons. The van der Waals surface area contributed by atoms with Crippen molar-refractivity contribution in [2.24, 2.45) is 5.41 Å². The lowest BCUT2D eigenvalue weighted by molar-refractivity contribution is -0.145. The normalized spacial score (nSPS) is 22.6. The summed E-state index contributed by atoms with van der Waals surface area (Å²) in [5, 5.41) is 2.88. The number of rotatable bonds is 6. The minimum Gasteiger partial charge on any atom is -0.351 e. The van der Waals surface area contributed by atoms with E-state index < -0.39 is 15.3 Å². The van der Waals surface area contributed by atoms with Crippen LogP contribution in [0.1, 0.15) is 37.3 Å². The van der Waals surface area contributed by atoms with Crippen molar-refractivity contribution < 1.29 is 18.0 Å². The van der Waals surface area contributed by atoms with Crippen molar-refractivity contribution in [1.29, 1.82) is 0 Å². The molecule has 1 aromatic rings. The zero-order valence-corrected chi connectivity index (χ0v) is 16.1. The highest BCUT2D eigenvalue weighted by Gasteiger charge is 2.58.